The number of hydrogen-bond donors (Lipinski definition) is 0. The summed E-state index contributed by atoms with van der Waals surface area (Å²) in [6, 6.07) is 7.99. The van der Waals surface area contributed by atoms with E-state index >= 15 is 0 Å². The predicted molar refractivity (Wildman–Crippen MR) is 108 cm³/mol. The largest absolute Gasteiger partial charge is 0.422 e. The molecule has 2 aliphatic rings. The van der Waals surface area contributed by atoms with E-state index in [4.69, 9.17) is 8.70 Å². The van der Waals surface area contributed by atoms with Gasteiger partial charge in [0.05, 0.1) is 11.2 Å². The van der Waals surface area contributed by atoms with Crippen LogP contribution in [0.15, 0.2) is 39.5 Å². The van der Waals surface area contributed by atoms with Crippen LogP contribution in [0.2, 0.25) is 0 Å². The maximum Gasteiger partial charge on any atom is 0.349 e. The molecule has 1 heterocycles. The fourth-order valence-electron chi connectivity index (χ4n) is 5.02. The Labute approximate surface area is 173 Å². The Morgan fingerprint density at radius 2 is 1.97 bits per heavy atom. The van der Waals surface area contributed by atoms with Gasteiger partial charge in [0.15, 0.2) is 0 Å². The molecule has 8 nitrogen and oxygen atoms in total. The average Bonchev–Trinajstić information content (AvgIpc) is 3.00. The molecule has 0 aliphatic heterocycles. The van der Waals surface area contributed by atoms with Crippen LogP contribution in [-0.4, -0.2) is 38.0 Å². The number of rotatable bonds is 5. The van der Waals surface area contributed by atoms with Crippen molar-refractivity contribution in [2.75, 3.05) is 12.8 Å². The van der Waals surface area contributed by atoms with Gasteiger partial charge in [-0.15, -0.1) is 4.28 Å². The number of nitrogens with zero attached hydrogens (tertiary/aromatic N) is 1. The van der Waals surface area contributed by atoms with Crippen LogP contribution in [-0.2, 0) is 19.2 Å². The monoisotopic (exact) mass is 433 g/mol. The summed E-state index contributed by atoms with van der Waals surface area (Å²) in [5, 5.41) is 1.03. The highest BCUT2D eigenvalue weighted by molar-refractivity contribution is 7.86. The van der Waals surface area contributed by atoms with Gasteiger partial charge in [0.2, 0.25) is 0 Å². The van der Waals surface area contributed by atoms with E-state index in [9.17, 15) is 22.8 Å². The molecule has 0 spiro atoms. The fourth-order valence-corrected chi connectivity index (χ4v) is 6.76. The van der Waals surface area contributed by atoms with Crippen molar-refractivity contribution in [1.29, 1.82) is 0 Å². The van der Waals surface area contributed by atoms with Gasteiger partial charge >= 0.3 is 5.63 Å². The van der Waals surface area contributed by atoms with Gasteiger partial charge in [-0.2, -0.15) is 8.42 Å². The van der Waals surface area contributed by atoms with E-state index in [-0.39, 0.29) is 17.3 Å². The summed E-state index contributed by atoms with van der Waals surface area (Å²) in [6.45, 7) is 3.83. The second kappa shape index (κ2) is 6.75. The molecule has 1 aromatic heterocycles. The summed E-state index contributed by atoms with van der Waals surface area (Å²) in [4.78, 5) is 37.5. The number of carbonyl (C=O) groups is 2. The normalized spacial score (nSPS) is 25.0. The van der Waals surface area contributed by atoms with Gasteiger partial charge in [-0.3, -0.25) is 9.59 Å². The lowest BCUT2D eigenvalue weighted by Crippen LogP contribution is -2.44. The number of hydroxylamine groups is 2. The molecule has 9 heteroatoms. The molecule has 2 saturated carbocycles. The van der Waals surface area contributed by atoms with Crippen molar-refractivity contribution in [2.45, 2.75) is 33.1 Å². The molecule has 160 valence electrons. The summed E-state index contributed by atoms with van der Waals surface area (Å²) < 4.78 is 35.7. The number of benzene rings is 1. The zero-order valence-corrected chi connectivity index (χ0v) is 17.8. The Morgan fingerprint density at radius 1 is 1.27 bits per heavy atom. The van der Waals surface area contributed by atoms with Crippen molar-refractivity contribution in [3.8, 4) is 0 Å². The predicted octanol–water partition coefficient (Wildman–Crippen LogP) is 2.52. The number of ketones is 1. The first-order valence-electron chi connectivity index (χ1n) is 9.73. The van der Waals surface area contributed by atoms with Crippen molar-refractivity contribution in [3.05, 3.63) is 46.3 Å². The van der Waals surface area contributed by atoms with Crippen molar-refractivity contribution < 1.29 is 26.7 Å². The molecule has 2 fully saturated rings. The molecule has 2 atom stereocenters. The summed E-state index contributed by atoms with van der Waals surface area (Å²) in [6.07, 6.45) is 1.65. The first-order chi connectivity index (χ1) is 14.0. The fraction of sp³-hybridized carbons (Fsp3) is 0.476. The highest BCUT2D eigenvalue weighted by Crippen LogP contribution is 2.64. The van der Waals surface area contributed by atoms with Crippen LogP contribution < -0.4 is 5.63 Å². The van der Waals surface area contributed by atoms with Crippen LogP contribution in [0.5, 0.6) is 0 Å². The number of fused-ring (bicyclic) bond motifs is 3. The van der Waals surface area contributed by atoms with Gasteiger partial charge in [0.25, 0.3) is 16.0 Å². The molecular weight excluding hydrogens is 410 g/mol. The maximum atomic E-state index is 12.8. The Bertz CT molecular complexity index is 1210. The first-order valence-corrected chi connectivity index (χ1v) is 11.3. The Balaban J connectivity index is 1.57. The number of hydrogen-bond acceptors (Lipinski definition) is 7. The van der Waals surface area contributed by atoms with Crippen molar-refractivity contribution >= 4 is 32.8 Å². The Kier molecular flexibility index (Phi) is 4.66. The summed E-state index contributed by atoms with van der Waals surface area (Å²) in [5.74, 6) is -1.36. The summed E-state index contributed by atoms with van der Waals surface area (Å²) >= 11 is 0. The second-order valence-corrected chi connectivity index (χ2v) is 10.3. The number of para-hydroxylation sites is 1. The van der Waals surface area contributed by atoms with Crippen molar-refractivity contribution in [3.63, 3.8) is 0 Å². The molecule has 0 radical (unpaired) electrons. The Morgan fingerprint density at radius 3 is 2.60 bits per heavy atom. The van der Waals surface area contributed by atoms with Gasteiger partial charge in [-0.05, 0) is 36.3 Å². The topological polar surface area (TPSA) is 111 Å². The molecule has 30 heavy (non-hydrogen) atoms. The Hall–Kier alpha value is -2.52. The molecule has 1 aromatic carbocycles. The second-order valence-electron chi connectivity index (χ2n) is 8.73. The highest BCUT2D eigenvalue weighted by atomic mass is 32.2. The number of amides is 1. The van der Waals surface area contributed by atoms with Crippen LogP contribution in [0.4, 0.5) is 0 Å². The number of carbonyl (C=O) groups excluding carboxylic acids is 2. The van der Waals surface area contributed by atoms with Crippen molar-refractivity contribution in [2.24, 2.45) is 16.7 Å². The third kappa shape index (κ3) is 3.07. The van der Waals surface area contributed by atoms with E-state index in [1.165, 1.54) is 6.07 Å². The quantitative estimate of drug-likeness (QED) is 0.526. The molecular formula is C21H23NO7S. The van der Waals surface area contributed by atoms with Crippen LogP contribution in [0.3, 0.4) is 0 Å². The molecule has 2 aromatic rings. The molecule has 0 N–H and O–H groups in total. The lowest BCUT2D eigenvalue weighted by molar-refractivity contribution is -0.128. The molecule has 0 saturated heterocycles. The van der Waals surface area contributed by atoms with Gasteiger partial charge in [-0.1, -0.05) is 32.0 Å². The third-order valence-electron chi connectivity index (χ3n) is 6.95. The zero-order valence-electron chi connectivity index (χ0n) is 17.0. The standard InChI is InChI=1S/C21H23NO7S/c1-20(2)14-8-9-21(20,17(23)11-14)12-30(26,27)29-22(3)18(24)15-10-13-6-4-5-7-16(13)28-19(15)25/h4-7,10,14H,8-9,11-12H2,1-3H3. The zero-order chi connectivity index (χ0) is 21.9. The van der Waals surface area contributed by atoms with Gasteiger partial charge < -0.3 is 4.42 Å². The minimum Gasteiger partial charge on any atom is -0.422 e. The van der Waals surface area contributed by atoms with E-state index in [2.05, 4.69) is 0 Å². The summed E-state index contributed by atoms with van der Waals surface area (Å²) in [5.41, 5.74) is -2.39. The molecule has 2 unspecified atom stereocenters. The summed E-state index contributed by atoms with van der Waals surface area (Å²) in [7, 11) is -3.15. The van der Waals surface area contributed by atoms with E-state index < -0.39 is 38.2 Å². The molecule has 1 amide bonds. The van der Waals surface area contributed by atoms with Crippen LogP contribution >= 0.6 is 0 Å². The SMILES string of the molecule is CN(OS(=O)(=O)CC12CCC(CC1=O)C2(C)C)C(=O)c1cc2ccccc2oc1=O. The van der Waals surface area contributed by atoms with Crippen LogP contribution in [0.25, 0.3) is 11.0 Å². The van der Waals surface area contributed by atoms with Crippen LogP contribution in [0.1, 0.15) is 43.5 Å². The lowest BCUT2D eigenvalue weighted by Gasteiger charge is -2.36. The molecule has 2 bridgehead atoms. The smallest absolute Gasteiger partial charge is 0.349 e. The van der Waals surface area contributed by atoms with Crippen LogP contribution in [0, 0.1) is 16.7 Å². The lowest BCUT2D eigenvalue weighted by atomic mass is 9.70. The van der Waals surface area contributed by atoms with E-state index in [0.717, 1.165) is 13.5 Å². The van der Waals surface area contributed by atoms with E-state index in [1.807, 2.05) is 13.8 Å². The minimum atomic E-state index is -4.27. The third-order valence-corrected chi connectivity index (χ3v) is 8.24. The van der Waals surface area contributed by atoms with Gasteiger partial charge in [0, 0.05) is 18.9 Å². The first kappa shape index (κ1) is 20.7. The molecule has 2 aliphatic carbocycles. The van der Waals surface area contributed by atoms with E-state index in [0.29, 0.717) is 28.9 Å². The highest BCUT2D eigenvalue weighted by Gasteiger charge is 2.65. The van der Waals surface area contributed by atoms with Gasteiger partial charge in [-0.25, -0.2) is 9.86 Å². The number of Topliss-reactive ketones (excluding diaryl/α,β-unsaturated/α-hetero) is 1. The average molecular weight is 433 g/mol. The van der Waals surface area contributed by atoms with Crippen molar-refractivity contribution in [1.82, 2.24) is 5.06 Å². The minimum absolute atomic E-state index is 0.0694. The van der Waals surface area contributed by atoms with E-state index in [1.54, 1.807) is 24.3 Å². The van der Waals surface area contributed by atoms with Gasteiger partial charge in [0.1, 0.15) is 16.9 Å². The molecule has 4 rings (SSSR count). The maximum absolute atomic E-state index is 12.8.